The van der Waals surface area contributed by atoms with E-state index in [1.165, 1.54) is 0 Å². The number of aliphatic imine (C=N–C) groups is 1. The van der Waals surface area contributed by atoms with Crippen molar-refractivity contribution in [2.45, 2.75) is 13.0 Å². The van der Waals surface area contributed by atoms with Gasteiger partial charge in [-0.05, 0) is 48.5 Å². The molecule has 7 heteroatoms. The molecule has 0 bridgehead atoms. The van der Waals surface area contributed by atoms with Crippen LogP contribution in [0.2, 0.25) is 5.02 Å². The third kappa shape index (κ3) is 4.66. The highest BCUT2D eigenvalue weighted by Gasteiger charge is 2.19. The van der Waals surface area contributed by atoms with Crippen LogP contribution in [0, 0.1) is 0 Å². The van der Waals surface area contributed by atoms with Crippen molar-refractivity contribution in [2.24, 2.45) is 4.99 Å². The zero-order valence-electron chi connectivity index (χ0n) is 17.4. The fourth-order valence-electron chi connectivity index (χ4n) is 3.73. The lowest BCUT2D eigenvalue weighted by Crippen LogP contribution is -2.06. The number of aromatic hydroxyl groups is 1. The zero-order chi connectivity index (χ0) is 22.7. The third-order valence-corrected chi connectivity index (χ3v) is 5.30. The van der Waals surface area contributed by atoms with Gasteiger partial charge in [0.05, 0.1) is 28.9 Å². The van der Waals surface area contributed by atoms with E-state index in [0.717, 1.165) is 16.6 Å². The summed E-state index contributed by atoms with van der Waals surface area (Å²) in [4.78, 5) is 19.1. The maximum atomic E-state index is 11.2. The highest BCUT2D eigenvalue weighted by molar-refractivity contribution is 6.31. The van der Waals surface area contributed by atoms with Crippen molar-refractivity contribution in [2.75, 3.05) is 7.05 Å². The van der Waals surface area contributed by atoms with Gasteiger partial charge in [-0.3, -0.25) is 4.79 Å². The van der Waals surface area contributed by atoms with Crippen molar-refractivity contribution in [1.82, 2.24) is 10.3 Å². The smallest absolute Gasteiger partial charge is 0.307 e. The van der Waals surface area contributed by atoms with E-state index < -0.39 is 5.97 Å². The molecule has 3 aromatic carbocycles. The topological polar surface area (TPSA) is 97.7 Å². The number of hydrogen-bond donors (Lipinski definition) is 4. The highest BCUT2D eigenvalue weighted by atomic mass is 35.5. The minimum atomic E-state index is -0.912. The average Bonchev–Trinajstić information content (AvgIpc) is 3.07. The van der Waals surface area contributed by atoms with Crippen LogP contribution in [-0.2, 0) is 17.8 Å². The first kappa shape index (κ1) is 21.6. The summed E-state index contributed by atoms with van der Waals surface area (Å²) >= 11 is 6.13. The van der Waals surface area contributed by atoms with Crippen LogP contribution in [0.3, 0.4) is 0 Å². The fraction of sp³-hybridized carbons (Fsp3) is 0.120. The van der Waals surface area contributed by atoms with Crippen molar-refractivity contribution in [3.05, 3.63) is 94.0 Å². The van der Waals surface area contributed by atoms with Crippen LogP contribution >= 0.6 is 11.6 Å². The van der Waals surface area contributed by atoms with Crippen LogP contribution < -0.4 is 5.32 Å². The van der Waals surface area contributed by atoms with Crippen molar-refractivity contribution in [3.8, 4) is 5.88 Å². The molecule has 6 nitrogen and oxygen atoms in total. The lowest BCUT2D eigenvalue weighted by molar-refractivity contribution is -0.136. The van der Waals surface area contributed by atoms with Gasteiger partial charge in [0.25, 0.3) is 0 Å². The molecule has 162 valence electrons. The van der Waals surface area contributed by atoms with Gasteiger partial charge in [0.1, 0.15) is 0 Å². The number of carboxylic acids is 1. The molecule has 32 heavy (non-hydrogen) atoms. The summed E-state index contributed by atoms with van der Waals surface area (Å²) in [6.07, 6.45) is -0.103. The van der Waals surface area contributed by atoms with Crippen LogP contribution in [0.25, 0.3) is 10.9 Å². The minimum Gasteiger partial charge on any atom is -0.494 e. The van der Waals surface area contributed by atoms with E-state index in [9.17, 15) is 15.0 Å². The van der Waals surface area contributed by atoms with Gasteiger partial charge < -0.3 is 20.5 Å². The van der Waals surface area contributed by atoms with Gasteiger partial charge >= 0.3 is 5.97 Å². The monoisotopic (exact) mass is 447 g/mol. The van der Waals surface area contributed by atoms with Gasteiger partial charge in [-0.2, -0.15) is 0 Å². The van der Waals surface area contributed by atoms with Crippen LogP contribution in [0.1, 0.15) is 22.3 Å². The highest BCUT2D eigenvalue weighted by Crippen LogP contribution is 2.33. The van der Waals surface area contributed by atoms with Crippen molar-refractivity contribution in [1.29, 1.82) is 0 Å². The standard InChI is InChI=1S/C25H22ClN3O3/c1-27-14-16-5-3-7-19(11-16)28-24(17-6-2-4-15(10-17)12-22(30)31)23-20-9-8-18(26)13-21(20)29-25(23)32/h2-11,13,27,29,32H,12,14H2,1H3,(H,30,31). The maximum Gasteiger partial charge on any atom is 0.307 e. The SMILES string of the molecule is CNCc1cccc(N=C(c2cccc(CC(=O)O)c2)c2c(O)[nH]c3cc(Cl)ccc23)c1. The van der Waals surface area contributed by atoms with E-state index in [2.05, 4.69) is 10.3 Å². The second-order valence-corrected chi connectivity index (χ2v) is 7.91. The van der Waals surface area contributed by atoms with Gasteiger partial charge in [0.2, 0.25) is 0 Å². The number of aliphatic carboxylic acids is 1. The van der Waals surface area contributed by atoms with E-state index >= 15 is 0 Å². The van der Waals surface area contributed by atoms with Gasteiger partial charge in [-0.1, -0.05) is 48.0 Å². The molecule has 4 N–H and O–H groups in total. The molecule has 4 aromatic rings. The summed E-state index contributed by atoms with van der Waals surface area (Å²) in [5, 5.41) is 24.5. The first-order chi connectivity index (χ1) is 15.4. The van der Waals surface area contributed by atoms with E-state index in [0.29, 0.717) is 39.5 Å². The summed E-state index contributed by atoms with van der Waals surface area (Å²) in [6, 6.07) is 20.3. The predicted molar refractivity (Wildman–Crippen MR) is 127 cm³/mol. The van der Waals surface area contributed by atoms with Gasteiger partial charge in [0.15, 0.2) is 5.88 Å². The van der Waals surface area contributed by atoms with E-state index in [-0.39, 0.29) is 12.3 Å². The molecule has 0 aliphatic rings. The van der Waals surface area contributed by atoms with Crippen LogP contribution in [-0.4, -0.2) is 33.9 Å². The number of hydrogen-bond acceptors (Lipinski definition) is 4. The van der Waals surface area contributed by atoms with E-state index in [4.69, 9.17) is 16.6 Å². The maximum absolute atomic E-state index is 11.2. The molecule has 0 unspecified atom stereocenters. The molecule has 0 amide bonds. The van der Waals surface area contributed by atoms with Crippen molar-refractivity contribution < 1.29 is 15.0 Å². The molecule has 0 saturated carbocycles. The molecule has 0 radical (unpaired) electrons. The largest absolute Gasteiger partial charge is 0.494 e. The number of halogens is 1. The minimum absolute atomic E-state index is 0.0315. The van der Waals surface area contributed by atoms with Gasteiger partial charge in [-0.25, -0.2) is 4.99 Å². The normalized spacial score (nSPS) is 11.8. The van der Waals surface area contributed by atoms with Gasteiger partial charge in [0, 0.05) is 22.5 Å². The van der Waals surface area contributed by atoms with Gasteiger partial charge in [-0.15, -0.1) is 0 Å². The number of fused-ring (bicyclic) bond motifs is 1. The fourth-order valence-corrected chi connectivity index (χ4v) is 3.90. The number of rotatable bonds is 7. The van der Waals surface area contributed by atoms with Crippen LogP contribution in [0.15, 0.2) is 71.7 Å². The summed E-state index contributed by atoms with van der Waals surface area (Å²) in [6.45, 7) is 0.698. The number of carbonyl (C=O) groups is 1. The molecular formula is C25H22ClN3O3. The quantitative estimate of drug-likeness (QED) is 0.298. The lowest BCUT2D eigenvalue weighted by Gasteiger charge is -2.10. The van der Waals surface area contributed by atoms with Crippen LogP contribution in [0.5, 0.6) is 5.88 Å². The number of aromatic nitrogens is 1. The lowest BCUT2D eigenvalue weighted by atomic mass is 9.98. The molecule has 0 saturated heterocycles. The molecule has 0 spiro atoms. The molecule has 0 atom stereocenters. The number of H-pyrrole nitrogens is 1. The number of nitrogens with one attached hydrogen (secondary N) is 2. The molecular weight excluding hydrogens is 426 g/mol. The summed E-state index contributed by atoms with van der Waals surface area (Å²) in [5.41, 5.74) is 4.89. The molecule has 1 aromatic heterocycles. The summed E-state index contributed by atoms with van der Waals surface area (Å²) in [7, 11) is 1.88. The molecule has 0 aliphatic heterocycles. The van der Waals surface area contributed by atoms with E-state index in [1.54, 1.807) is 30.3 Å². The summed E-state index contributed by atoms with van der Waals surface area (Å²) in [5.74, 6) is -0.943. The summed E-state index contributed by atoms with van der Waals surface area (Å²) < 4.78 is 0. The van der Waals surface area contributed by atoms with Crippen LogP contribution in [0.4, 0.5) is 5.69 Å². The molecule has 0 fully saturated rings. The predicted octanol–water partition coefficient (Wildman–Crippen LogP) is 5.04. The Bertz CT molecular complexity index is 1330. The Kier molecular flexibility index (Phi) is 6.25. The molecule has 4 rings (SSSR count). The van der Waals surface area contributed by atoms with Crippen molar-refractivity contribution in [3.63, 3.8) is 0 Å². The number of carboxylic acid groups (broad SMARTS) is 1. The first-order valence-corrected chi connectivity index (χ1v) is 10.5. The Hall–Kier alpha value is -3.61. The Labute approximate surface area is 190 Å². The second kappa shape index (κ2) is 9.26. The first-order valence-electron chi connectivity index (χ1n) is 10.1. The number of nitrogens with zero attached hydrogens (tertiary/aromatic N) is 1. The molecule has 0 aliphatic carbocycles. The number of aromatic amines is 1. The number of benzene rings is 3. The zero-order valence-corrected chi connectivity index (χ0v) is 18.1. The Morgan fingerprint density at radius 1 is 1.06 bits per heavy atom. The van der Waals surface area contributed by atoms with Crippen molar-refractivity contribution >= 4 is 39.9 Å². The Morgan fingerprint density at radius 2 is 1.84 bits per heavy atom. The molecule has 1 heterocycles. The van der Waals surface area contributed by atoms with E-state index in [1.807, 2.05) is 43.4 Å². The third-order valence-electron chi connectivity index (χ3n) is 5.07. The second-order valence-electron chi connectivity index (χ2n) is 7.47. The Balaban J connectivity index is 1.93. The Morgan fingerprint density at radius 3 is 2.62 bits per heavy atom. The average molecular weight is 448 g/mol.